The van der Waals surface area contributed by atoms with Crippen molar-refractivity contribution in [3.63, 3.8) is 0 Å². The highest BCUT2D eigenvalue weighted by molar-refractivity contribution is 7.99. The largest absolute Gasteiger partial charge is 0.504 e. The van der Waals surface area contributed by atoms with Gasteiger partial charge in [-0.25, -0.2) is 0 Å². The van der Waals surface area contributed by atoms with Crippen LogP contribution in [0.4, 0.5) is 11.4 Å². The second-order valence-corrected chi connectivity index (χ2v) is 12.0. The number of fused-ring (bicyclic) bond motifs is 1. The number of rotatable bonds is 21. The zero-order valence-corrected chi connectivity index (χ0v) is 25.7. The van der Waals surface area contributed by atoms with E-state index >= 15 is 0 Å². The summed E-state index contributed by atoms with van der Waals surface area (Å²) >= 11 is 1.72. The van der Waals surface area contributed by atoms with Gasteiger partial charge in [0.2, 0.25) is 0 Å². The number of unbranched alkanes of at least 4 members (excludes halogenated alkanes) is 15. The molecule has 3 rings (SSSR count). The minimum Gasteiger partial charge on any atom is -0.504 e. The fourth-order valence-corrected chi connectivity index (χ4v) is 6.10. The smallest absolute Gasteiger partial charge is 0.157 e. The standard InChI is InChI=1S/C35H50N2O2S/c1-3-4-5-6-7-8-9-10-11-12-13-14-15-16-17-20-27-40-33-28-29-21-18-19-22-32(29)34(35(33)38)37-36-30-23-25-31(39-2)26-24-30/h18-19,21-26,28,38H,3-17,20,27H2,1-2H3. The van der Waals surface area contributed by atoms with Crippen LogP contribution in [-0.2, 0) is 0 Å². The molecule has 0 fully saturated rings. The topological polar surface area (TPSA) is 54.2 Å². The average molecular weight is 563 g/mol. The number of thioether (sulfide) groups is 1. The first kappa shape index (κ1) is 32.0. The van der Waals surface area contributed by atoms with Gasteiger partial charge in [0.1, 0.15) is 11.4 Å². The number of hydrogen-bond acceptors (Lipinski definition) is 5. The van der Waals surface area contributed by atoms with Crippen molar-refractivity contribution in [3.8, 4) is 11.5 Å². The second kappa shape index (κ2) is 19.5. The molecule has 0 aliphatic carbocycles. The van der Waals surface area contributed by atoms with Gasteiger partial charge in [0.25, 0.3) is 0 Å². The van der Waals surface area contributed by atoms with Crippen molar-refractivity contribution < 1.29 is 9.84 Å². The summed E-state index contributed by atoms with van der Waals surface area (Å²) in [6.07, 6.45) is 22.0. The average Bonchev–Trinajstić information content (AvgIpc) is 2.98. The Hall–Kier alpha value is -2.53. The molecule has 40 heavy (non-hydrogen) atoms. The predicted octanol–water partition coefficient (Wildman–Crippen LogP) is 12.3. The van der Waals surface area contributed by atoms with Gasteiger partial charge in [-0.15, -0.1) is 16.9 Å². The number of phenols is 1. The summed E-state index contributed by atoms with van der Waals surface area (Å²) in [5.74, 6) is 2.00. The highest BCUT2D eigenvalue weighted by atomic mass is 32.2. The zero-order valence-electron chi connectivity index (χ0n) is 24.9. The molecule has 0 saturated carbocycles. The third-order valence-corrected chi connectivity index (χ3v) is 8.67. The van der Waals surface area contributed by atoms with Gasteiger partial charge < -0.3 is 9.84 Å². The minimum atomic E-state index is 0.220. The summed E-state index contributed by atoms with van der Waals surface area (Å²) < 4.78 is 5.22. The molecule has 0 bridgehead atoms. The Kier molecular flexibility index (Phi) is 15.6. The number of aromatic hydroxyl groups is 1. The lowest BCUT2D eigenvalue weighted by Gasteiger charge is -2.10. The number of azo groups is 1. The van der Waals surface area contributed by atoms with Crippen molar-refractivity contribution in [1.82, 2.24) is 0 Å². The molecule has 0 atom stereocenters. The zero-order chi connectivity index (χ0) is 28.3. The maximum atomic E-state index is 11.1. The van der Waals surface area contributed by atoms with Crippen molar-refractivity contribution in [2.75, 3.05) is 12.9 Å². The fraction of sp³-hybridized carbons (Fsp3) is 0.543. The normalized spacial score (nSPS) is 11.6. The SMILES string of the molecule is CCCCCCCCCCCCCCCCCCSc1cc2ccccc2c(N=Nc2ccc(OC)cc2)c1O. The Labute approximate surface area is 247 Å². The van der Waals surface area contributed by atoms with E-state index in [1.807, 2.05) is 42.5 Å². The molecule has 3 aromatic rings. The molecule has 0 spiro atoms. The van der Waals surface area contributed by atoms with Crippen molar-refractivity contribution in [2.24, 2.45) is 10.2 Å². The Bertz CT molecular complexity index is 1130. The number of phenolic OH excluding ortho intramolecular Hbond substituents is 1. The quantitative estimate of drug-likeness (QED) is 0.0798. The van der Waals surface area contributed by atoms with Gasteiger partial charge in [-0.2, -0.15) is 5.11 Å². The molecule has 0 unspecified atom stereocenters. The second-order valence-electron chi connectivity index (χ2n) is 10.8. The highest BCUT2D eigenvalue weighted by Gasteiger charge is 2.13. The van der Waals surface area contributed by atoms with Crippen molar-refractivity contribution in [3.05, 3.63) is 54.6 Å². The van der Waals surface area contributed by atoms with Crippen LogP contribution >= 0.6 is 11.8 Å². The van der Waals surface area contributed by atoms with Crippen molar-refractivity contribution in [2.45, 2.75) is 115 Å². The lowest BCUT2D eigenvalue weighted by molar-refractivity contribution is 0.415. The molecule has 5 heteroatoms. The lowest BCUT2D eigenvalue weighted by atomic mass is 10.0. The van der Waals surface area contributed by atoms with Gasteiger partial charge in [0.15, 0.2) is 5.75 Å². The molecule has 0 aromatic heterocycles. The fourth-order valence-electron chi connectivity index (χ4n) is 5.09. The lowest BCUT2D eigenvalue weighted by Crippen LogP contribution is -1.86. The van der Waals surface area contributed by atoms with Crippen molar-refractivity contribution in [1.29, 1.82) is 0 Å². The predicted molar refractivity (Wildman–Crippen MR) is 173 cm³/mol. The van der Waals surface area contributed by atoms with E-state index in [4.69, 9.17) is 4.74 Å². The van der Waals surface area contributed by atoms with Gasteiger partial charge in [-0.05, 0) is 47.9 Å². The Balaban J connectivity index is 1.34. The molecule has 0 saturated heterocycles. The first-order chi connectivity index (χ1) is 19.7. The van der Waals surface area contributed by atoms with Crippen LogP contribution in [0.15, 0.2) is 69.7 Å². The number of hydrogen-bond donors (Lipinski definition) is 1. The number of nitrogens with zero attached hydrogens (tertiary/aromatic N) is 2. The van der Waals surface area contributed by atoms with Gasteiger partial charge in [-0.1, -0.05) is 128 Å². The van der Waals surface area contributed by atoms with Gasteiger partial charge in [0, 0.05) is 5.39 Å². The minimum absolute atomic E-state index is 0.220. The van der Waals surface area contributed by atoms with E-state index in [9.17, 15) is 5.11 Å². The molecule has 218 valence electrons. The van der Waals surface area contributed by atoms with Crippen LogP contribution in [0.2, 0.25) is 0 Å². The molecule has 0 heterocycles. The molecule has 0 radical (unpaired) electrons. The molecule has 3 aromatic carbocycles. The first-order valence-corrected chi connectivity index (χ1v) is 16.6. The van der Waals surface area contributed by atoms with Crippen LogP contribution in [0.25, 0.3) is 10.8 Å². The highest BCUT2D eigenvalue weighted by Crippen LogP contribution is 2.43. The molecular formula is C35H50N2O2S. The third-order valence-electron chi connectivity index (χ3n) is 7.55. The van der Waals surface area contributed by atoms with E-state index < -0.39 is 0 Å². The summed E-state index contributed by atoms with van der Waals surface area (Å²) in [6, 6.07) is 17.6. The monoisotopic (exact) mass is 562 g/mol. The summed E-state index contributed by atoms with van der Waals surface area (Å²) in [4.78, 5) is 0.878. The molecule has 4 nitrogen and oxygen atoms in total. The Morgan fingerprint density at radius 3 is 1.80 bits per heavy atom. The van der Waals surface area contributed by atoms with Crippen molar-refractivity contribution >= 4 is 33.9 Å². The van der Waals surface area contributed by atoms with Crippen LogP contribution in [0, 0.1) is 0 Å². The van der Waals surface area contributed by atoms with Crippen LogP contribution < -0.4 is 4.74 Å². The van der Waals surface area contributed by atoms with Gasteiger partial charge in [0.05, 0.1) is 17.7 Å². The Morgan fingerprint density at radius 2 is 1.23 bits per heavy atom. The third kappa shape index (κ3) is 11.5. The maximum absolute atomic E-state index is 11.1. The van der Waals surface area contributed by atoms with Crippen LogP contribution in [0.3, 0.4) is 0 Å². The first-order valence-electron chi connectivity index (χ1n) is 15.7. The van der Waals surface area contributed by atoms with Crippen LogP contribution in [-0.4, -0.2) is 18.0 Å². The maximum Gasteiger partial charge on any atom is 0.157 e. The van der Waals surface area contributed by atoms with Crippen LogP contribution in [0.5, 0.6) is 11.5 Å². The summed E-state index contributed by atoms with van der Waals surface area (Å²) in [5.41, 5.74) is 1.25. The summed E-state index contributed by atoms with van der Waals surface area (Å²) in [6.45, 7) is 2.29. The summed E-state index contributed by atoms with van der Waals surface area (Å²) in [5, 5.41) is 21.9. The molecule has 0 aliphatic heterocycles. The van der Waals surface area contributed by atoms with Gasteiger partial charge >= 0.3 is 0 Å². The van der Waals surface area contributed by atoms with E-state index in [2.05, 4.69) is 29.3 Å². The van der Waals surface area contributed by atoms with Gasteiger partial charge in [-0.3, -0.25) is 0 Å². The molecule has 0 amide bonds. The van der Waals surface area contributed by atoms with E-state index in [1.54, 1.807) is 18.9 Å². The van der Waals surface area contributed by atoms with E-state index in [0.717, 1.165) is 39.3 Å². The van der Waals surface area contributed by atoms with E-state index in [-0.39, 0.29) is 5.75 Å². The summed E-state index contributed by atoms with van der Waals surface area (Å²) in [7, 11) is 1.64. The van der Waals surface area contributed by atoms with E-state index in [0.29, 0.717) is 5.69 Å². The number of ether oxygens (including phenoxy) is 1. The molecular weight excluding hydrogens is 512 g/mol. The molecule has 0 aliphatic rings. The number of benzene rings is 3. The van der Waals surface area contributed by atoms with Crippen LogP contribution in [0.1, 0.15) is 110 Å². The molecule has 1 N–H and O–H groups in total. The Morgan fingerprint density at radius 1 is 0.675 bits per heavy atom. The van der Waals surface area contributed by atoms with E-state index in [1.165, 1.54) is 96.3 Å². The number of methoxy groups -OCH3 is 1.